The Balaban J connectivity index is 1.12. The largest absolute Gasteiger partial charge is 0.361 e. The summed E-state index contributed by atoms with van der Waals surface area (Å²) in [5, 5.41) is 13.5. The van der Waals surface area contributed by atoms with E-state index < -0.39 is 17.1 Å². The van der Waals surface area contributed by atoms with Crippen LogP contribution in [-0.4, -0.2) is 27.7 Å². The predicted octanol–water partition coefficient (Wildman–Crippen LogP) is 9.23. The first-order valence-electron chi connectivity index (χ1n) is 15.6. The van der Waals surface area contributed by atoms with Crippen LogP contribution in [-0.2, 0) is 9.59 Å². The van der Waals surface area contributed by atoms with E-state index in [2.05, 4.69) is 25.9 Å². The molecule has 7 rings (SSSR count). The highest BCUT2D eigenvalue weighted by molar-refractivity contribution is 8.00. The standard InChI is InChI=1S/C39H29N5O3S3/c45-36(26-13-5-2-6-14-26)42-32(21-27-23-40-31-18-8-7-17-30(27)31)37(46)41-28-15-9-16-29(22-28)50-35(25-11-3-1-4-12-25)38(47)44-39-43-33(24-49-39)34-19-10-20-48-34/h1-24,35,40H,(H,41,46)(H,42,45)(H,43,44,47)/b32-21-. The van der Waals surface area contributed by atoms with Gasteiger partial charge < -0.3 is 20.9 Å². The molecule has 0 radical (unpaired) electrons. The number of carbonyl (C=O) groups is 3. The molecule has 7 aromatic rings. The second-order valence-electron chi connectivity index (χ2n) is 11.1. The number of carbonyl (C=O) groups excluding carboxylic acids is 3. The van der Waals surface area contributed by atoms with Gasteiger partial charge in [-0.1, -0.05) is 78.9 Å². The fourth-order valence-electron chi connectivity index (χ4n) is 5.23. The number of benzene rings is 4. The first kappa shape index (κ1) is 32.8. The van der Waals surface area contributed by atoms with Crippen molar-refractivity contribution < 1.29 is 14.4 Å². The van der Waals surface area contributed by atoms with Gasteiger partial charge in [-0.05, 0) is 59.5 Å². The van der Waals surface area contributed by atoms with Gasteiger partial charge in [0.2, 0.25) is 5.91 Å². The number of fused-ring (bicyclic) bond motifs is 1. The van der Waals surface area contributed by atoms with Crippen LogP contribution in [0.3, 0.4) is 0 Å². The quantitative estimate of drug-likeness (QED) is 0.0789. The van der Waals surface area contributed by atoms with Crippen LogP contribution in [0.4, 0.5) is 10.8 Å². The molecule has 246 valence electrons. The lowest BCUT2D eigenvalue weighted by Crippen LogP contribution is -2.30. The molecule has 0 aliphatic heterocycles. The van der Waals surface area contributed by atoms with Crippen molar-refractivity contribution in [2.45, 2.75) is 10.1 Å². The molecule has 1 atom stereocenters. The van der Waals surface area contributed by atoms with Crippen molar-refractivity contribution in [2.75, 3.05) is 10.6 Å². The molecule has 3 aromatic heterocycles. The zero-order valence-corrected chi connectivity index (χ0v) is 28.8. The Morgan fingerprint density at radius 1 is 0.800 bits per heavy atom. The lowest BCUT2D eigenvalue weighted by molar-refractivity contribution is -0.116. The highest BCUT2D eigenvalue weighted by atomic mass is 32.2. The second-order valence-corrected chi connectivity index (χ2v) is 14.0. The number of aromatic amines is 1. The van der Waals surface area contributed by atoms with Crippen LogP contribution in [0.5, 0.6) is 0 Å². The van der Waals surface area contributed by atoms with E-state index in [0.717, 1.165) is 37.5 Å². The SMILES string of the molecule is O=C(Nc1cccc(SC(C(=O)Nc2nc(-c3cccs3)cs2)c2ccccc2)c1)/C(=C/c1c[nH]c2ccccc12)NC(=O)c1ccccc1. The average Bonchev–Trinajstić information content (AvgIpc) is 3.93. The Morgan fingerprint density at radius 2 is 1.58 bits per heavy atom. The average molecular weight is 712 g/mol. The van der Waals surface area contributed by atoms with Crippen LogP contribution in [0.25, 0.3) is 27.6 Å². The summed E-state index contributed by atoms with van der Waals surface area (Å²) in [6.07, 6.45) is 3.46. The molecule has 3 amide bonds. The van der Waals surface area contributed by atoms with Gasteiger partial charge in [-0.25, -0.2) is 4.98 Å². The van der Waals surface area contributed by atoms with Gasteiger partial charge >= 0.3 is 0 Å². The first-order valence-corrected chi connectivity index (χ1v) is 18.2. The summed E-state index contributed by atoms with van der Waals surface area (Å²) in [5.74, 6) is -1.12. The Bertz CT molecular complexity index is 2300. The molecule has 0 aliphatic carbocycles. The number of nitrogens with one attached hydrogen (secondary N) is 4. The van der Waals surface area contributed by atoms with Gasteiger partial charge in [0.05, 0.1) is 10.6 Å². The molecule has 0 saturated carbocycles. The molecule has 0 spiro atoms. The van der Waals surface area contributed by atoms with Gasteiger partial charge in [-0.15, -0.1) is 34.4 Å². The first-order chi connectivity index (χ1) is 24.5. The zero-order valence-electron chi connectivity index (χ0n) is 26.3. The Morgan fingerprint density at radius 3 is 2.38 bits per heavy atom. The number of thiazole rings is 1. The second kappa shape index (κ2) is 15.2. The van der Waals surface area contributed by atoms with Crippen molar-refractivity contribution in [1.82, 2.24) is 15.3 Å². The van der Waals surface area contributed by atoms with Crippen molar-refractivity contribution in [3.8, 4) is 10.6 Å². The van der Waals surface area contributed by atoms with Gasteiger partial charge in [0.1, 0.15) is 10.9 Å². The molecule has 8 nitrogen and oxygen atoms in total. The highest BCUT2D eigenvalue weighted by Crippen LogP contribution is 2.38. The van der Waals surface area contributed by atoms with E-state index in [1.807, 2.05) is 102 Å². The fraction of sp³-hybridized carbons (Fsp3) is 0.0256. The van der Waals surface area contributed by atoms with Gasteiger partial charge in [-0.2, -0.15) is 0 Å². The summed E-state index contributed by atoms with van der Waals surface area (Å²) in [7, 11) is 0. The van der Waals surface area contributed by atoms with E-state index in [0.29, 0.717) is 16.4 Å². The summed E-state index contributed by atoms with van der Waals surface area (Å²) in [5.41, 5.74) is 4.32. The molecule has 0 bridgehead atoms. The number of nitrogens with zero attached hydrogens (tertiary/aromatic N) is 1. The minimum absolute atomic E-state index is 0.0774. The number of hydrogen-bond donors (Lipinski definition) is 4. The Hall–Kier alpha value is -5.75. The van der Waals surface area contributed by atoms with E-state index in [1.165, 1.54) is 23.1 Å². The molecule has 0 fully saturated rings. The van der Waals surface area contributed by atoms with Gasteiger partial charge in [0.25, 0.3) is 11.8 Å². The Kier molecular flexibility index (Phi) is 9.97. The number of H-pyrrole nitrogens is 1. The molecule has 11 heteroatoms. The maximum Gasteiger partial charge on any atom is 0.272 e. The number of amides is 3. The molecule has 4 N–H and O–H groups in total. The molecule has 4 aromatic carbocycles. The number of rotatable bonds is 11. The van der Waals surface area contributed by atoms with Crippen LogP contribution < -0.4 is 16.0 Å². The third-order valence-corrected chi connectivity index (χ3v) is 10.5. The number of aromatic nitrogens is 2. The summed E-state index contributed by atoms with van der Waals surface area (Å²) in [4.78, 5) is 50.4. The lowest BCUT2D eigenvalue weighted by Gasteiger charge is -2.17. The van der Waals surface area contributed by atoms with Gasteiger partial charge in [0.15, 0.2) is 5.13 Å². The minimum atomic E-state index is -0.598. The maximum atomic E-state index is 13.8. The number of para-hydroxylation sites is 1. The molecule has 0 aliphatic rings. The van der Waals surface area contributed by atoms with E-state index in [9.17, 15) is 14.4 Å². The predicted molar refractivity (Wildman–Crippen MR) is 204 cm³/mol. The Labute approximate surface area is 300 Å². The molecular weight excluding hydrogens is 683 g/mol. The van der Waals surface area contributed by atoms with Crippen molar-refractivity contribution >= 4 is 80.0 Å². The molecular formula is C39H29N5O3S3. The third kappa shape index (κ3) is 7.76. The number of thiophene rings is 1. The molecule has 1 unspecified atom stereocenters. The summed E-state index contributed by atoms with van der Waals surface area (Å²) in [6.45, 7) is 0. The van der Waals surface area contributed by atoms with Crippen LogP contribution in [0, 0.1) is 0 Å². The molecule has 50 heavy (non-hydrogen) atoms. The van der Waals surface area contributed by atoms with Crippen molar-refractivity contribution in [3.63, 3.8) is 0 Å². The van der Waals surface area contributed by atoms with E-state index in [4.69, 9.17) is 0 Å². The summed E-state index contributed by atoms with van der Waals surface area (Å²) in [6, 6.07) is 37.3. The van der Waals surface area contributed by atoms with Gasteiger partial charge in [-0.3, -0.25) is 14.4 Å². The highest BCUT2D eigenvalue weighted by Gasteiger charge is 2.24. The van der Waals surface area contributed by atoms with Crippen molar-refractivity contribution in [3.05, 3.63) is 161 Å². The molecule has 0 saturated heterocycles. The number of anilines is 2. The van der Waals surface area contributed by atoms with E-state index in [-0.39, 0.29) is 11.6 Å². The van der Waals surface area contributed by atoms with E-state index >= 15 is 0 Å². The normalized spacial score (nSPS) is 12.0. The third-order valence-electron chi connectivity index (χ3n) is 7.64. The summed E-state index contributed by atoms with van der Waals surface area (Å²) >= 11 is 4.34. The van der Waals surface area contributed by atoms with Crippen molar-refractivity contribution in [1.29, 1.82) is 0 Å². The minimum Gasteiger partial charge on any atom is -0.361 e. The van der Waals surface area contributed by atoms with Crippen LogP contribution in [0.2, 0.25) is 0 Å². The lowest BCUT2D eigenvalue weighted by atomic mass is 10.1. The van der Waals surface area contributed by atoms with Gasteiger partial charge in [0, 0.05) is 44.2 Å². The number of thioether (sulfide) groups is 1. The molecule has 3 heterocycles. The maximum absolute atomic E-state index is 13.8. The fourth-order valence-corrected chi connectivity index (χ4v) is 7.79. The van der Waals surface area contributed by atoms with Crippen molar-refractivity contribution in [2.24, 2.45) is 0 Å². The van der Waals surface area contributed by atoms with Crippen LogP contribution in [0.15, 0.2) is 149 Å². The zero-order chi connectivity index (χ0) is 34.3. The monoisotopic (exact) mass is 711 g/mol. The number of hydrogen-bond acceptors (Lipinski definition) is 7. The van der Waals surface area contributed by atoms with Crippen LogP contribution in [0.1, 0.15) is 26.7 Å². The van der Waals surface area contributed by atoms with E-state index in [1.54, 1.807) is 53.9 Å². The topological polar surface area (TPSA) is 116 Å². The smallest absolute Gasteiger partial charge is 0.272 e. The summed E-state index contributed by atoms with van der Waals surface area (Å²) < 4.78 is 0. The van der Waals surface area contributed by atoms with Crippen LogP contribution >= 0.6 is 34.4 Å².